The van der Waals surface area contributed by atoms with Crippen molar-refractivity contribution >= 4 is 17.7 Å². The van der Waals surface area contributed by atoms with Crippen LogP contribution in [0.5, 0.6) is 5.75 Å². The van der Waals surface area contributed by atoms with Gasteiger partial charge < -0.3 is 34.6 Å². The lowest BCUT2D eigenvalue weighted by molar-refractivity contribution is -0.149. The Bertz CT molecular complexity index is 1180. The molecule has 3 amide bonds. The topological polar surface area (TPSA) is 113 Å². The second-order valence-electron chi connectivity index (χ2n) is 13.8. The van der Waals surface area contributed by atoms with E-state index in [2.05, 4.69) is 32.6 Å². The number of amides is 3. The van der Waals surface area contributed by atoms with E-state index in [0.717, 1.165) is 77.4 Å². The van der Waals surface area contributed by atoms with Crippen molar-refractivity contribution in [2.24, 2.45) is 11.8 Å². The van der Waals surface area contributed by atoms with Crippen molar-refractivity contribution in [1.82, 2.24) is 25.3 Å². The molecule has 2 bridgehead atoms. The number of piperidine rings is 2. The van der Waals surface area contributed by atoms with Gasteiger partial charge in [-0.15, -0.1) is 0 Å². The second-order valence-corrected chi connectivity index (χ2v) is 13.8. The average Bonchev–Trinajstić information content (AvgIpc) is 3.06. The van der Waals surface area contributed by atoms with Crippen molar-refractivity contribution in [3.63, 3.8) is 0 Å². The molecule has 0 aliphatic carbocycles. The number of hydrogen-bond donors (Lipinski definition) is 2. The van der Waals surface area contributed by atoms with Crippen LogP contribution in [-0.4, -0.2) is 123 Å². The maximum absolute atomic E-state index is 13.6. The van der Waals surface area contributed by atoms with E-state index in [-0.39, 0.29) is 42.5 Å². The molecule has 5 fully saturated rings. The number of fused-ring (bicyclic) bond motifs is 3. The third kappa shape index (κ3) is 8.17. The lowest BCUT2D eigenvalue weighted by Crippen LogP contribution is -2.62. The molecule has 248 valence electrons. The molecule has 6 rings (SSSR count). The maximum Gasteiger partial charge on any atom is 0.251 e. The molecule has 5 aliphatic rings. The Balaban J connectivity index is 1.15. The average molecular weight is 626 g/mol. The van der Waals surface area contributed by atoms with Crippen molar-refractivity contribution in [2.45, 2.75) is 75.6 Å². The van der Waals surface area contributed by atoms with Crippen LogP contribution in [0.1, 0.15) is 56.9 Å². The van der Waals surface area contributed by atoms with Gasteiger partial charge in [-0.05, 0) is 74.6 Å². The molecular weight excluding hydrogens is 574 g/mol. The largest absolute Gasteiger partial charge is 0.497 e. The molecule has 0 saturated carbocycles. The third-order valence-corrected chi connectivity index (χ3v) is 10.9. The Morgan fingerprint density at radius 1 is 0.956 bits per heavy atom. The fourth-order valence-corrected chi connectivity index (χ4v) is 8.13. The minimum Gasteiger partial charge on any atom is -0.497 e. The first-order valence-electron chi connectivity index (χ1n) is 17.0. The first-order chi connectivity index (χ1) is 21.9. The molecule has 0 unspecified atom stereocenters. The van der Waals surface area contributed by atoms with Gasteiger partial charge in [-0.2, -0.15) is 0 Å². The number of methoxy groups -OCH3 is 1. The number of benzene rings is 1. The summed E-state index contributed by atoms with van der Waals surface area (Å²) in [6.45, 7) is 7.55. The summed E-state index contributed by atoms with van der Waals surface area (Å²) in [5, 5.41) is 6.48. The number of carbonyl (C=O) groups is 3. The van der Waals surface area contributed by atoms with E-state index >= 15 is 0 Å². The zero-order valence-electron chi connectivity index (χ0n) is 26.8. The fraction of sp³-hybridized carbons (Fsp3) is 0.735. The Labute approximate surface area is 267 Å². The normalized spacial score (nSPS) is 29.7. The molecule has 1 aromatic rings. The minimum absolute atomic E-state index is 0.0208. The summed E-state index contributed by atoms with van der Waals surface area (Å²) in [5.41, 5.74) is 0.582. The van der Waals surface area contributed by atoms with Crippen LogP contribution in [0.3, 0.4) is 0 Å². The summed E-state index contributed by atoms with van der Waals surface area (Å²) in [4.78, 5) is 47.5. The smallest absolute Gasteiger partial charge is 0.251 e. The number of nitrogens with zero attached hydrogens (tertiary/aromatic N) is 3. The van der Waals surface area contributed by atoms with Crippen molar-refractivity contribution < 1.29 is 28.6 Å². The summed E-state index contributed by atoms with van der Waals surface area (Å²) in [6.07, 6.45) is 5.22. The van der Waals surface area contributed by atoms with Crippen LogP contribution in [0.15, 0.2) is 24.3 Å². The summed E-state index contributed by atoms with van der Waals surface area (Å²) < 4.78 is 16.9. The Hall–Kier alpha value is -2.73. The molecule has 0 radical (unpaired) electrons. The predicted molar refractivity (Wildman–Crippen MR) is 169 cm³/mol. The number of morpholine rings is 1. The number of rotatable bonds is 4. The van der Waals surface area contributed by atoms with Crippen molar-refractivity contribution in [1.29, 1.82) is 0 Å². The van der Waals surface area contributed by atoms with Gasteiger partial charge in [0.1, 0.15) is 5.75 Å². The molecule has 5 saturated heterocycles. The highest BCUT2D eigenvalue weighted by atomic mass is 16.5. The molecule has 45 heavy (non-hydrogen) atoms. The van der Waals surface area contributed by atoms with Crippen molar-refractivity contribution in [3.8, 4) is 5.75 Å². The van der Waals surface area contributed by atoms with E-state index in [9.17, 15) is 14.4 Å². The highest BCUT2D eigenvalue weighted by Crippen LogP contribution is 2.33. The maximum atomic E-state index is 13.6. The summed E-state index contributed by atoms with van der Waals surface area (Å²) >= 11 is 0. The van der Waals surface area contributed by atoms with Gasteiger partial charge in [0, 0.05) is 71.4 Å². The number of carbonyl (C=O) groups excluding carboxylic acids is 3. The van der Waals surface area contributed by atoms with Crippen LogP contribution in [-0.2, 0) is 30.4 Å². The predicted octanol–water partition coefficient (Wildman–Crippen LogP) is 1.79. The van der Waals surface area contributed by atoms with Gasteiger partial charge in [0.05, 0.1) is 25.8 Å². The summed E-state index contributed by atoms with van der Waals surface area (Å²) in [6, 6.07) is 8.69. The number of ether oxygens (including phenoxy) is 3. The Morgan fingerprint density at radius 2 is 1.78 bits per heavy atom. The monoisotopic (exact) mass is 625 g/mol. The van der Waals surface area contributed by atoms with Crippen LogP contribution in [0.25, 0.3) is 0 Å². The standard InChI is InChI=1S/C34H51N5O6/c1-43-29-4-2-3-25(19-29)22-37-12-6-26-20-32(41)39-15-18-45-30(24-39)33(42)36-34(21-31(40)35-11-5-27(26)23-37)9-13-38(14-10-34)28-7-16-44-17-8-28/h2-4,19,26-28,30H,5-18,20-24H2,1H3,(H,35,40)(H,36,42)/t26-,27-,30-/m0/s1. The van der Waals surface area contributed by atoms with Gasteiger partial charge in [0.25, 0.3) is 5.91 Å². The highest BCUT2D eigenvalue weighted by Gasteiger charge is 2.42. The highest BCUT2D eigenvalue weighted by molar-refractivity contribution is 5.85. The van der Waals surface area contributed by atoms with Gasteiger partial charge in [-0.3, -0.25) is 19.3 Å². The van der Waals surface area contributed by atoms with Crippen molar-refractivity contribution in [3.05, 3.63) is 29.8 Å². The van der Waals surface area contributed by atoms with E-state index < -0.39 is 11.6 Å². The van der Waals surface area contributed by atoms with Gasteiger partial charge in [-0.25, -0.2) is 0 Å². The van der Waals surface area contributed by atoms with Crippen LogP contribution in [0.4, 0.5) is 0 Å². The van der Waals surface area contributed by atoms with Gasteiger partial charge in [0.15, 0.2) is 6.10 Å². The first-order valence-corrected chi connectivity index (χ1v) is 17.0. The minimum atomic E-state index is -0.721. The number of likely N-dealkylation sites (tertiary alicyclic amines) is 2. The van der Waals surface area contributed by atoms with E-state index in [1.807, 2.05) is 17.0 Å². The molecule has 2 N–H and O–H groups in total. The molecule has 11 nitrogen and oxygen atoms in total. The molecule has 11 heteroatoms. The summed E-state index contributed by atoms with van der Waals surface area (Å²) in [5.74, 6) is 1.24. The molecule has 5 aliphatic heterocycles. The molecule has 0 aromatic heterocycles. The van der Waals surface area contributed by atoms with Crippen LogP contribution >= 0.6 is 0 Å². The number of nitrogens with one attached hydrogen (secondary N) is 2. The zero-order chi connectivity index (χ0) is 31.2. The molecule has 5 heterocycles. The number of hydrogen-bond acceptors (Lipinski definition) is 8. The molecule has 3 atom stereocenters. The first kappa shape index (κ1) is 32.2. The lowest BCUT2D eigenvalue weighted by Gasteiger charge is -2.46. The van der Waals surface area contributed by atoms with Gasteiger partial charge in [0.2, 0.25) is 11.8 Å². The van der Waals surface area contributed by atoms with E-state index in [0.29, 0.717) is 45.0 Å². The zero-order valence-corrected chi connectivity index (χ0v) is 26.8. The quantitative estimate of drug-likeness (QED) is 0.521. The molecule has 1 spiro atoms. The Kier molecular flexibility index (Phi) is 10.6. The summed E-state index contributed by atoms with van der Waals surface area (Å²) in [7, 11) is 1.69. The fourth-order valence-electron chi connectivity index (χ4n) is 8.13. The van der Waals surface area contributed by atoms with Crippen LogP contribution in [0, 0.1) is 11.8 Å². The third-order valence-electron chi connectivity index (χ3n) is 10.9. The lowest BCUT2D eigenvalue weighted by atomic mass is 9.80. The van der Waals surface area contributed by atoms with E-state index in [4.69, 9.17) is 14.2 Å². The van der Waals surface area contributed by atoms with E-state index in [1.165, 1.54) is 5.56 Å². The Morgan fingerprint density at radius 3 is 2.58 bits per heavy atom. The molecular formula is C34H51N5O6. The van der Waals surface area contributed by atoms with Gasteiger partial charge in [-0.1, -0.05) is 12.1 Å². The molecule has 1 aromatic carbocycles. The van der Waals surface area contributed by atoms with Crippen LogP contribution in [0.2, 0.25) is 0 Å². The van der Waals surface area contributed by atoms with Gasteiger partial charge >= 0.3 is 0 Å². The van der Waals surface area contributed by atoms with E-state index in [1.54, 1.807) is 7.11 Å². The van der Waals surface area contributed by atoms with Crippen molar-refractivity contribution in [2.75, 3.05) is 72.7 Å². The van der Waals surface area contributed by atoms with Crippen LogP contribution < -0.4 is 15.4 Å². The SMILES string of the molecule is COc1cccc(CN2CC[C@H]3CC(=O)N4CCO[C@@H](C4)C(=O)NC4(CCN(C5CCOCC5)CC4)CC(=O)NCC[C@H]3C2)c1. The second kappa shape index (κ2) is 14.8.